The third-order valence-corrected chi connectivity index (χ3v) is 3.66. The minimum absolute atomic E-state index is 0.356. The summed E-state index contributed by atoms with van der Waals surface area (Å²) >= 11 is 0. The Morgan fingerprint density at radius 3 is 2.67 bits per heavy atom. The van der Waals surface area contributed by atoms with Crippen molar-refractivity contribution in [1.29, 1.82) is 0 Å². The standard InChI is InChI=1S/C12H26N2O/c1-10(2)11-4-6-14(8-11)7-5-12(3,15)9-13/h10-11,15H,4-9,13H2,1-3H3. The highest BCUT2D eigenvalue weighted by Crippen LogP contribution is 2.24. The molecular formula is C12H26N2O. The maximum Gasteiger partial charge on any atom is 0.0753 e. The van der Waals surface area contributed by atoms with E-state index in [4.69, 9.17) is 5.73 Å². The van der Waals surface area contributed by atoms with E-state index in [1.165, 1.54) is 19.5 Å². The zero-order chi connectivity index (χ0) is 11.5. The number of hydrogen-bond donors (Lipinski definition) is 2. The van der Waals surface area contributed by atoms with Gasteiger partial charge in [0.2, 0.25) is 0 Å². The lowest BCUT2D eigenvalue weighted by atomic mass is 9.95. The molecule has 1 aliphatic heterocycles. The van der Waals surface area contributed by atoms with Gasteiger partial charge in [0.15, 0.2) is 0 Å². The van der Waals surface area contributed by atoms with Gasteiger partial charge >= 0.3 is 0 Å². The van der Waals surface area contributed by atoms with Crippen LogP contribution in [0.3, 0.4) is 0 Å². The molecule has 1 heterocycles. The van der Waals surface area contributed by atoms with Crippen molar-refractivity contribution in [1.82, 2.24) is 4.90 Å². The summed E-state index contributed by atoms with van der Waals surface area (Å²) in [7, 11) is 0. The lowest BCUT2D eigenvalue weighted by Gasteiger charge is -2.25. The molecule has 3 heteroatoms. The molecule has 1 aliphatic rings. The van der Waals surface area contributed by atoms with Crippen LogP contribution in [0.5, 0.6) is 0 Å². The fraction of sp³-hybridized carbons (Fsp3) is 1.00. The molecule has 0 bridgehead atoms. The second kappa shape index (κ2) is 5.28. The molecule has 0 radical (unpaired) electrons. The molecule has 90 valence electrons. The van der Waals surface area contributed by atoms with Crippen molar-refractivity contribution in [3.05, 3.63) is 0 Å². The molecule has 1 rings (SSSR count). The first kappa shape index (κ1) is 12.9. The normalized spacial score (nSPS) is 27.2. The molecule has 0 aromatic heterocycles. The number of aliphatic hydroxyl groups is 1. The van der Waals surface area contributed by atoms with E-state index >= 15 is 0 Å². The minimum Gasteiger partial charge on any atom is -0.389 e. The number of rotatable bonds is 5. The fourth-order valence-corrected chi connectivity index (χ4v) is 2.11. The molecule has 0 aliphatic carbocycles. The smallest absolute Gasteiger partial charge is 0.0753 e. The Kier molecular flexibility index (Phi) is 4.56. The molecule has 3 N–H and O–H groups in total. The zero-order valence-corrected chi connectivity index (χ0v) is 10.4. The van der Waals surface area contributed by atoms with Crippen LogP contribution in [-0.4, -0.2) is 41.8 Å². The van der Waals surface area contributed by atoms with Crippen LogP contribution in [0.2, 0.25) is 0 Å². The van der Waals surface area contributed by atoms with Crippen LogP contribution in [0, 0.1) is 11.8 Å². The van der Waals surface area contributed by atoms with Crippen LogP contribution in [0.25, 0.3) is 0 Å². The monoisotopic (exact) mass is 214 g/mol. The molecule has 2 atom stereocenters. The van der Waals surface area contributed by atoms with Crippen LogP contribution >= 0.6 is 0 Å². The van der Waals surface area contributed by atoms with Crippen LogP contribution < -0.4 is 5.73 Å². The van der Waals surface area contributed by atoms with Gasteiger partial charge in [0.1, 0.15) is 0 Å². The van der Waals surface area contributed by atoms with Gasteiger partial charge in [-0.2, -0.15) is 0 Å². The third kappa shape index (κ3) is 4.09. The van der Waals surface area contributed by atoms with Gasteiger partial charge in [-0.15, -0.1) is 0 Å². The first-order valence-electron chi connectivity index (χ1n) is 6.09. The van der Waals surface area contributed by atoms with Gasteiger partial charge in [-0.05, 0) is 38.1 Å². The maximum atomic E-state index is 9.81. The fourth-order valence-electron chi connectivity index (χ4n) is 2.11. The Morgan fingerprint density at radius 1 is 1.53 bits per heavy atom. The largest absolute Gasteiger partial charge is 0.389 e. The van der Waals surface area contributed by atoms with Crippen molar-refractivity contribution in [2.75, 3.05) is 26.2 Å². The van der Waals surface area contributed by atoms with Gasteiger partial charge < -0.3 is 15.7 Å². The summed E-state index contributed by atoms with van der Waals surface area (Å²) in [6.45, 7) is 10.1. The maximum absolute atomic E-state index is 9.81. The predicted molar refractivity (Wildman–Crippen MR) is 63.7 cm³/mol. The molecule has 2 unspecified atom stereocenters. The molecule has 0 amide bonds. The van der Waals surface area contributed by atoms with Crippen LogP contribution in [0.1, 0.15) is 33.6 Å². The Balaban J connectivity index is 2.25. The van der Waals surface area contributed by atoms with E-state index < -0.39 is 5.60 Å². The molecule has 0 aromatic carbocycles. The number of nitrogens with zero attached hydrogens (tertiary/aromatic N) is 1. The van der Waals surface area contributed by atoms with Gasteiger partial charge in [0.05, 0.1) is 5.60 Å². The van der Waals surface area contributed by atoms with Gasteiger partial charge in [-0.25, -0.2) is 0 Å². The summed E-state index contributed by atoms with van der Waals surface area (Å²) in [5.41, 5.74) is 4.81. The number of hydrogen-bond acceptors (Lipinski definition) is 3. The van der Waals surface area contributed by atoms with Crippen molar-refractivity contribution in [3.8, 4) is 0 Å². The summed E-state index contributed by atoms with van der Waals surface area (Å²) in [4.78, 5) is 2.45. The van der Waals surface area contributed by atoms with Crippen molar-refractivity contribution in [2.45, 2.75) is 39.2 Å². The highest BCUT2D eigenvalue weighted by atomic mass is 16.3. The highest BCUT2D eigenvalue weighted by Gasteiger charge is 2.26. The van der Waals surface area contributed by atoms with Gasteiger partial charge in [-0.3, -0.25) is 0 Å². The Hall–Kier alpha value is -0.120. The van der Waals surface area contributed by atoms with E-state index in [1.807, 2.05) is 6.92 Å². The average Bonchev–Trinajstić information content (AvgIpc) is 2.63. The molecule has 3 nitrogen and oxygen atoms in total. The van der Waals surface area contributed by atoms with Gasteiger partial charge in [0.25, 0.3) is 0 Å². The summed E-state index contributed by atoms with van der Waals surface area (Å²) < 4.78 is 0. The first-order chi connectivity index (χ1) is 6.94. The molecule has 1 saturated heterocycles. The Bertz CT molecular complexity index is 192. The van der Waals surface area contributed by atoms with Gasteiger partial charge in [0, 0.05) is 19.6 Å². The minimum atomic E-state index is -0.685. The van der Waals surface area contributed by atoms with Crippen LogP contribution in [-0.2, 0) is 0 Å². The molecule has 15 heavy (non-hydrogen) atoms. The first-order valence-corrected chi connectivity index (χ1v) is 6.09. The van der Waals surface area contributed by atoms with E-state index in [2.05, 4.69) is 18.7 Å². The summed E-state index contributed by atoms with van der Waals surface area (Å²) in [5.74, 6) is 1.62. The van der Waals surface area contributed by atoms with Crippen molar-refractivity contribution in [2.24, 2.45) is 17.6 Å². The molecule has 0 spiro atoms. The summed E-state index contributed by atoms with van der Waals surface area (Å²) in [6, 6.07) is 0. The predicted octanol–water partition coefficient (Wildman–Crippen LogP) is 1.06. The van der Waals surface area contributed by atoms with Crippen molar-refractivity contribution < 1.29 is 5.11 Å². The summed E-state index contributed by atoms with van der Waals surface area (Å²) in [5, 5.41) is 9.81. The van der Waals surface area contributed by atoms with E-state index in [1.54, 1.807) is 0 Å². The highest BCUT2D eigenvalue weighted by molar-refractivity contribution is 4.81. The molecular weight excluding hydrogens is 188 g/mol. The van der Waals surface area contributed by atoms with Crippen LogP contribution in [0.4, 0.5) is 0 Å². The van der Waals surface area contributed by atoms with E-state index in [-0.39, 0.29) is 0 Å². The Morgan fingerprint density at radius 2 is 2.20 bits per heavy atom. The van der Waals surface area contributed by atoms with Gasteiger partial charge in [-0.1, -0.05) is 13.8 Å². The second-order valence-corrected chi connectivity index (χ2v) is 5.54. The average molecular weight is 214 g/mol. The van der Waals surface area contributed by atoms with E-state index in [9.17, 15) is 5.11 Å². The third-order valence-electron chi connectivity index (χ3n) is 3.66. The van der Waals surface area contributed by atoms with Crippen LogP contribution in [0.15, 0.2) is 0 Å². The lowest BCUT2D eigenvalue weighted by Crippen LogP contribution is -2.38. The second-order valence-electron chi connectivity index (χ2n) is 5.54. The lowest BCUT2D eigenvalue weighted by molar-refractivity contribution is 0.0497. The summed E-state index contributed by atoms with van der Waals surface area (Å²) in [6.07, 6.45) is 2.09. The van der Waals surface area contributed by atoms with E-state index in [0.717, 1.165) is 24.8 Å². The Labute approximate surface area is 93.6 Å². The quantitative estimate of drug-likeness (QED) is 0.719. The SMILES string of the molecule is CC(C)C1CCN(CCC(C)(O)CN)C1. The molecule has 0 saturated carbocycles. The van der Waals surface area contributed by atoms with E-state index in [0.29, 0.717) is 6.54 Å². The molecule has 0 aromatic rings. The van der Waals surface area contributed by atoms with Crippen molar-refractivity contribution >= 4 is 0 Å². The topological polar surface area (TPSA) is 49.5 Å². The molecule has 1 fully saturated rings. The van der Waals surface area contributed by atoms with Crippen molar-refractivity contribution in [3.63, 3.8) is 0 Å². The number of likely N-dealkylation sites (tertiary alicyclic amines) is 1. The number of nitrogens with two attached hydrogens (primary N) is 1. The zero-order valence-electron chi connectivity index (χ0n) is 10.4.